The second-order valence-corrected chi connectivity index (χ2v) is 5.97. The first-order valence-corrected chi connectivity index (χ1v) is 7.18. The number of amides is 1. The van der Waals surface area contributed by atoms with E-state index in [0.29, 0.717) is 10.6 Å². The molecule has 3 nitrogen and oxygen atoms in total. The van der Waals surface area contributed by atoms with Crippen molar-refractivity contribution in [1.29, 1.82) is 0 Å². The molecule has 1 aromatic rings. The Morgan fingerprint density at radius 3 is 3.00 bits per heavy atom. The van der Waals surface area contributed by atoms with Gasteiger partial charge in [-0.15, -0.1) is 0 Å². The number of rotatable bonds is 2. The van der Waals surface area contributed by atoms with Gasteiger partial charge in [0, 0.05) is 22.6 Å². The molecule has 1 aliphatic heterocycles. The standard InChI is InChI=1S/C13H16BrClN2O/c1-17-6-2-3-10(8-17)16-13(18)9-4-5-11(14)12(15)7-9/h4-5,7,10H,2-3,6,8H2,1H3,(H,16,18). The lowest BCUT2D eigenvalue weighted by molar-refractivity contribution is 0.0912. The average Bonchev–Trinajstić information content (AvgIpc) is 2.32. The van der Waals surface area contributed by atoms with Gasteiger partial charge < -0.3 is 10.2 Å². The van der Waals surface area contributed by atoms with Gasteiger partial charge in [0.2, 0.25) is 0 Å². The van der Waals surface area contributed by atoms with Crippen LogP contribution in [0.15, 0.2) is 22.7 Å². The predicted molar refractivity (Wildman–Crippen MR) is 77.1 cm³/mol. The maximum atomic E-state index is 12.1. The summed E-state index contributed by atoms with van der Waals surface area (Å²) in [6.07, 6.45) is 2.17. The number of nitrogens with one attached hydrogen (secondary N) is 1. The molecule has 0 aromatic heterocycles. The predicted octanol–water partition coefficient (Wildman–Crippen LogP) is 2.93. The van der Waals surface area contributed by atoms with Gasteiger partial charge in [0.05, 0.1) is 5.02 Å². The monoisotopic (exact) mass is 330 g/mol. The molecule has 2 rings (SSSR count). The Balaban J connectivity index is 2.00. The summed E-state index contributed by atoms with van der Waals surface area (Å²) in [4.78, 5) is 14.3. The van der Waals surface area contributed by atoms with Gasteiger partial charge in [0.15, 0.2) is 0 Å². The molecule has 0 spiro atoms. The maximum Gasteiger partial charge on any atom is 0.251 e. The highest BCUT2D eigenvalue weighted by Gasteiger charge is 2.19. The number of hydrogen-bond donors (Lipinski definition) is 1. The van der Waals surface area contributed by atoms with E-state index in [0.717, 1.165) is 30.4 Å². The van der Waals surface area contributed by atoms with E-state index in [-0.39, 0.29) is 11.9 Å². The van der Waals surface area contributed by atoms with Gasteiger partial charge in [0.25, 0.3) is 5.91 Å². The minimum absolute atomic E-state index is 0.0512. The number of hydrogen-bond acceptors (Lipinski definition) is 2. The zero-order valence-corrected chi connectivity index (χ0v) is 12.6. The summed E-state index contributed by atoms with van der Waals surface area (Å²) >= 11 is 9.30. The molecule has 5 heteroatoms. The molecular formula is C13H16BrClN2O. The quantitative estimate of drug-likeness (QED) is 0.904. The third-order valence-corrected chi connectivity index (χ3v) is 4.37. The number of halogens is 2. The van der Waals surface area contributed by atoms with Gasteiger partial charge in [-0.05, 0) is 60.6 Å². The molecule has 0 radical (unpaired) electrons. The van der Waals surface area contributed by atoms with E-state index in [1.807, 2.05) is 0 Å². The molecule has 1 amide bonds. The van der Waals surface area contributed by atoms with Gasteiger partial charge in [0.1, 0.15) is 0 Å². The Hall–Kier alpha value is -0.580. The molecule has 1 N–H and O–H groups in total. The Morgan fingerprint density at radius 2 is 2.33 bits per heavy atom. The van der Waals surface area contributed by atoms with E-state index in [9.17, 15) is 4.79 Å². The van der Waals surface area contributed by atoms with Crippen LogP contribution in [-0.2, 0) is 0 Å². The van der Waals surface area contributed by atoms with Gasteiger partial charge in [-0.1, -0.05) is 11.6 Å². The Kier molecular flexibility index (Phi) is 4.65. The fourth-order valence-corrected chi connectivity index (χ4v) is 2.62. The highest BCUT2D eigenvalue weighted by molar-refractivity contribution is 9.10. The lowest BCUT2D eigenvalue weighted by atomic mass is 10.1. The number of piperidine rings is 1. The van der Waals surface area contributed by atoms with Crippen LogP contribution in [0.2, 0.25) is 5.02 Å². The van der Waals surface area contributed by atoms with Crippen LogP contribution in [0.1, 0.15) is 23.2 Å². The fourth-order valence-electron chi connectivity index (χ4n) is 2.19. The van der Waals surface area contributed by atoms with Crippen LogP contribution < -0.4 is 5.32 Å². The number of nitrogens with zero attached hydrogens (tertiary/aromatic N) is 1. The minimum atomic E-state index is -0.0512. The number of likely N-dealkylation sites (N-methyl/N-ethyl adjacent to an activating group) is 1. The first-order chi connectivity index (χ1) is 8.56. The Labute approximate surface area is 121 Å². The zero-order valence-electron chi connectivity index (χ0n) is 10.2. The van der Waals surface area contributed by atoms with E-state index in [1.54, 1.807) is 18.2 Å². The van der Waals surface area contributed by atoms with Gasteiger partial charge in [-0.25, -0.2) is 0 Å². The lowest BCUT2D eigenvalue weighted by Gasteiger charge is -2.30. The lowest BCUT2D eigenvalue weighted by Crippen LogP contribution is -2.46. The first-order valence-electron chi connectivity index (χ1n) is 6.00. The zero-order chi connectivity index (χ0) is 13.1. The van der Waals surface area contributed by atoms with Crippen molar-refractivity contribution in [2.75, 3.05) is 20.1 Å². The van der Waals surface area contributed by atoms with Crippen molar-refractivity contribution < 1.29 is 4.79 Å². The summed E-state index contributed by atoms with van der Waals surface area (Å²) in [6.45, 7) is 2.02. The number of carbonyl (C=O) groups is 1. The van der Waals surface area contributed by atoms with Crippen molar-refractivity contribution in [2.45, 2.75) is 18.9 Å². The molecular weight excluding hydrogens is 316 g/mol. The second kappa shape index (κ2) is 6.04. The molecule has 1 aliphatic rings. The van der Waals surface area contributed by atoms with Crippen LogP contribution in [0.4, 0.5) is 0 Å². The molecule has 1 saturated heterocycles. The molecule has 18 heavy (non-hydrogen) atoms. The smallest absolute Gasteiger partial charge is 0.251 e. The van der Waals surface area contributed by atoms with E-state index in [4.69, 9.17) is 11.6 Å². The van der Waals surface area contributed by atoms with Crippen LogP contribution in [0.3, 0.4) is 0 Å². The molecule has 1 unspecified atom stereocenters. The highest BCUT2D eigenvalue weighted by atomic mass is 79.9. The maximum absolute atomic E-state index is 12.1. The third kappa shape index (κ3) is 3.46. The SMILES string of the molecule is CN1CCCC(NC(=O)c2ccc(Br)c(Cl)c2)C1. The third-order valence-electron chi connectivity index (χ3n) is 3.14. The number of benzene rings is 1. The summed E-state index contributed by atoms with van der Waals surface area (Å²) < 4.78 is 0.804. The molecule has 1 fully saturated rings. The molecule has 1 atom stereocenters. The van der Waals surface area contributed by atoms with Gasteiger partial charge in [-0.2, -0.15) is 0 Å². The molecule has 98 valence electrons. The topological polar surface area (TPSA) is 32.3 Å². The van der Waals surface area contributed by atoms with Crippen LogP contribution >= 0.6 is 27.5 Å². The van der Waals surface area contributed by atoms with Crippen molar-refractivity contribution in [1.82, 2.24) is 10.2 Å². The molecule has 1 heterocycles. The van der Waals surface area contributed by atoms with Crippen molar-refractivity contribution >= 4 is 33.4 Å². The van der Waals surface area contributed by atoms with Crippen molar-refractivity contribution in [3.05, 3.63) is 33.3 Å². The highest BCUT2D eigenvalue weighted by Crippen LogP contribution is 2.23. The van der Waals surface area contributed by atoms with E-state index in [2.05, 4.69) is 33.2 Å². The normalized spacial score (nSPS) is 20.7. The minimum Gasteiger partial charge on any atom is -0.348 e. The van der Waals surface area contributed by atoms with E-state index in [1.165, 1.54) is 0 Å². The van der Waals surface area contributed by atoms with E-state index >= 15 is 0 Å². The van der Waals surface area contributed by atoms with Crippen molar-refractivity contribution in [2.24, 2.45) is 0 Å². The van der Waals surface area contributed by atoms with Crippen LogP contribution in [0.5, 0.6) is 0 Å². The Bertz CT molecular complexity index is 453. The van der Waals surface area contributed by atoms with Crippen molar-refractivity contribution in [3.8, 4) is 0 Å². The summed E-state index contributed by atoms with van der Waals surface area (Å²) in [7, 11) is 2.08. The average molecular weight is 332 g/mol. The summed E-state index contributed by atoms with van der Waals surface area (Å²) in [5, 5.41) is 3.62. The summed E-state index contributed by atoms with van der Waals surface area (Å²) in [5.74, 6) is -0.0512. The molecule has 0 bridgehead atoms. The van der Waals surface area contributed by atoms with Crippen LogP contribution in [0.25, 0.3) is 0 Å². The van der Waals surface area contributed by atoms with Gasteiger partial charge in [-0.3, -0.25) is 4.79 Å². The molecule has 0 saturated carbocycles. The summed E-state index contributed by atoms with van der Waals surface area (Å²) in [6, 6.07) is 5.49. The van der Waals surface area contributed by atoms with Crippen LogP contribution in [-0.4, -0.2) is 37.0 Å². The fraction of sp³-hybridized carbons (Fsp3) is 0.462. The second-order valence-electron chi connectivity index (χ2n) is 4.70. The molecule has 1 aromatic carbocycles. The number of carbonyl (C=O) groups excluding carboxylic acids is 1. The number of likely N-dealkylation sites (tertiary alicyclic amines) is 1. The van der Waals surface area contributed by atoms with E-state index < -0.39 is 0 Å². The molecule has 0 aliphatic carbocycles. The summed E-state index contributed by atoms with van der Waals surface area (Å²) in [5.41, 5.74) is 0.608. The Morgan fingerprint density at radius 1 is 1.56 bits per heavy atom. The van der Waals surface area contributed by atoms with Crippen LogP contribution in [0, 0.1) is 0 Å². The first kappa shape index (κ1) is 13.8. The van der Waals surface area contributed by atoms with Gasteiger partial charge >= 0.3 is 0 Å². The van der Waals surface area contributed by atoms with Crippen molar-refractivity contribution in [3.63, 3.8) is 0 Å². The largest absolute Gasteiger partial charge is 0.348 e.